The molecule has 9 heteroatoms. The van der Waals surface area contributed by atoms with Crippen LogP contribution in [0.3, 0.4) is 0 Å². The number of anilines is 2. The molecule has 3 aromatic rings. The molecule has 5 rings (SSSR count). The average molecular weight is 459 g/mol. The van der Waals surface area contributed by atoms with E-state index in [1.165, 1.54) is 12.1 Å². The number of benzene rings is 3. The second-order valence-electron chi connectivity index (χ2n) is 7.95. The van der Waals surface area contributed by atoms with Crippen LogP contribution in [0.25, 0.3) is 0 Å². The Balaban J connectivity index is 1.53. The summed E-state index contributed by atoms with van der Waals surface area (Å²) in [6, 6.07) is 21.2. The molecule has 2 saturated heterocycles. The summed E-state index contributed by atoms with van der Waals surface area (Å²) in [6.07, 6.45) is -1.01. The first-order chi connectivity index (χ1) is 16.5. The van der Waals surface area contributed by atoms with Gasteiger partial charge in [-0.2, -0.15) is 0 Å². The maximum Gasteiger partial charge on any atom is 0.269 e. The van der Waals surface area contributed by atoms with Crippen LogP contribution in [0.4, 0.5) is 17.1 Å². The minimum absolute atomic E-state index is 0.0599. The Bertz CT molecular complexity index is 1230. The van der Waals surface area contributed by atoms with Gasteiger partial charge < -0.3 is 4.74 Å². The van der Waals surface area contributed by atoms with Gasteiger partial charge in [-0.25, -0.2) is 9.96 Å². The van der Waals surface area contributed by atoms with Crippen molar-refractivity contribution in [3.8, 4) is 5.75 Å². The predicted octanol–water partition coefficient (Wildman–Crippen LogP) is 4.04. The maximum atomic E-state index is 13.6. The zero-order valence-corrected chi connectivity index (χ0v) is 18.2. The largest absolute Gasteiger partial charge is 0.494 e. The van der Waals surface area contributed by atoms with Gasteiger partial charge in [-0.3, -0.25) is 24.5 Å². The fraction of sp³-hybridized carbons (Fsp3) is 0.200. The first kappa shape index (κ1) is 21.6. The van der Waals surface area contributed by atoms with Gasteiger partial charge in [0, 0.05) is 12.1 Å². The number of rotatable bonds is 6. The third-order valence-electron chi connectivity index (χ3n) is 5.98. The standard InChI is InChI=1S/C25H21N3O6/c1-2-33-20-14-12-17(13-15-20)26-24(29)21-22(16-8-10-19(11-9-16)28(31)32)27(34-23(21)25(26)30)18-6-4-3-5-7-18/h3-15,21-23H,2H2,1H3/t21-,22+,23+/m1/s1. The third-order valence-corrected chi connectivity index (χ3v) is 5.98. The molecule has 2 amide bonds. The van der Waals surface area contributed by atoms with Crippen molar-refractivity contribution in [1.82, 2.24) is 0 Å². The molecule has 0 spiro atoms. The molecule has 3 atom stereocenters. The van der Waals surface area contributed by atoms with Crippen molar-refractivity contribution in [1.29, 1.82) is 0 Å². The van der Waals surface area contributed by atoms with Crippen LogP contribution >= 0.6 is 0 Å². The number of nitrogens with zero attached hydrogens (tertiary/aromatic N) is 3. The third kappa shape index (κ3) is 3.56. The molecule has 0 aromatic heterocycles. The number of hydroxylamine groups is 1. The van der Waals surface area contributed by atoms with E-state index in [4.69, 9.17) is 9.57 Å². The second kappa shape index (κ2) is 8.60. The lowest BCUT2D eigenvalue weighted by Gasteiger charge is -2.28. The van der Waals surface area contributed by atoms with Crippen molar-refractivity contribution in [2.45, 2.75) is 19.1 Å². The van der Waals surface area contributed by atoms with Crippen molar-refractivity contribution in [3.63, 3.8) is 0 Å². The van der Waals surface area contributed by atoms with Crippen LogP contribution in [0.2, 0.25) is 0 Å². The smallest absolute Gasteiger partial charge is 0.269 e. The quantitative estimate of drug-likeness (QED) is 0.311. The van der Waals surface area contributed by atoms with Crippen LogP contribution in [0.5, 0.6) is 5.75 Å². The van der Waals surface area contributed by atoms with E-state index in [2.05, 4.69) is 0 Å². The summed E-state index contributed by atoms with van der Waals surface area (Å²) in [4.78, 5) is 44.8. The lowest BCUT2D eigenvalue weighted by molar-refractivity contribution is -0.384. The van der Waals surface area contributed by atoms with Gasteiger partial charge >= 0.3 is 0 Å². The van der Waals surface area contributed by atoms with Crippen LogP contribution < -0.4 is 14.7 Å². The molecule has 2 aliphatic heterocycles. The summed E-state index contributed by atoms with van der Waals surface area (Å²) in [7, 11) is 0. The van der Waals surface area contributed by atoms with Crippen molar-refractivity contribution < 1.29 is 24.1 Å². The first-order valence-electron chi connectivity index (χ1n) is 10.9. The van der Waals surface area contributed by atoms with Gasteiger partial charge in [-0.1, -0.05) is 30.3 Å². The molecule has 0 N–H and O–H groups in total. The Labute approximate surface area is 195 Å². The van der Waals surface area contributed by atoms with E-state index in [0.717, 1.165) is 4.90 Å². The van der Waals surface area contributed by atoms with Gasteiger partial charge in [0.25, 0.3) is 11.6 Å². The summed E-state index contributed by atoms with van der Waals surface area (Å²) in [5, 5.41) is 12.7. The Morgan fingerprint density at radius 3 is 2.21 bits per heavy atom. The van der Waals surface area contributed by atoms with Gasteiger partial charge in [0.2, 0.25) is 5.91 Å². The summed E-state index contributed by atoms with van der Waals surface area (Å²) in [5.74, 6) is -1.02. The highest BCUT2D eigenvalue weighted by atomic mass is 16.7. The van der Waals surface area contributed by atoms with Crippen LogP contribution in [-0.4, -0.2) is 29.4 Å². The fourth-order valence-electron chi connectivity index (χ4n) is 4.46. The summed E-state index contributed by atoms with van der Waals surface area (Å²) >= 11 is 0. The van der Waals surface area contributed by atoms with E-state index in [1.54, 1.807) is 41.5 Å². The van der Waals surface area contributed by atoms with Crippen LogP contribution in [-0.2, 0) is 14.4 Å². The SMILES string of the molecule is CCOc1ccc(N2C(=O)[C@H]3[C@H](ON(c4ccccc4)[C@H]3c3ccc([N+](=O)[O-])cc3)C2=O)cc1. The molecule has 9 nitrogen and oxygen atoms in total. The van der Waals surface area contributed by atoms with Gasteiger partial charge in [0.05, 0.1) is 28.9 Å². The molecule has 34 heavy (non-hydrogen) atoms. The lowest BCUT2D eigenvalue weighted by atomic mass is 9.90. The molecule has 0 aliphatic carbocycles. The van der Waals surface area contributed by atoms with Crippen molar-refractivity contribution >= 4 is 28.9 Å². The molecule has 3 aromatic carbocycles. The number of ether oxygens (including phenoxy) is 1. The molecule has 2 fully saturated rings. The number of nitro groups is 1. The normalized spacial score (nSPS) is 21.6. The van der Waals surface area contributed by atoms with Gasteiger partial charge in [-0.15, -0.1) is 0 Å². The molecule has 0 saturated carbocycles. The topological polar surface area (TPSA) is 102 Å². The first-order valence-corrected chi connectivity index (χ1v) is 10.9. The van der Waals surface area contributed by atoms with E-state index < -0.39 is 28.9 Å². The van der Waals surface area contributed by atoms with Crippen molar-refractivity contribution in [2.75, 3.05) is 16.6 Å². The number of carbonyl (C=O) groups is 2. The number of nitro benzene ring substituents is 1. The van der Waals surface area contributed by atoms with Crippen molar-refractivity contribution in [2.24, 2.45) is 5.92 Å². The fourth-order valence-corrected chi connectivity index (χ4v) is 4.46. The Morgan fingerprint density at radius 1 is 0.912 bits per heavy atom. The zero-order valence-electron chi connectivity index (χ0n) is 18.2. The maximum absolute atomic E-state index is 13.6. The average Bonchev–Trinajstić information content (AvgIpc) is 3.36. The second-order valence-corrected chi connectivity index (χ2v) is 7.95. The van der Waals surface area contributed by atoms with Crippen molar-refractivity contribution in [3.05, 3.63) is 94.5 Å². The Morgan fingerprint density at radius 2 is 1.59 bits per heavy atom. The number of hydrogen-bond acceptors (Lipinski definition) is 7. The summed E-state index contributed by atoms with van der Waals surface area (Å²) in [5.41, 5.74) is 1.69. The molecule has 0 bridgehead atoms. The zero-order chi connectivity index (χ0) is 23.8. The number of amides is 2. The lowest BCUT2D eigenvalue weighted by Crippen LogP contribution is -2.37. The van der Waals surface area contributed by atoms with E-state index >= 15 is 0 Å². The van der Waals surface area contributed by atoms with E-state index in [-0.39, 0.29) is 11.6 Å². The minimum atomic E-state index is -1.01. The van der Waals surface area contributed by atoms with Crippen LogP contribution in [0.15, 0.2) is 78.9 Å². The monoisotopic (exact) mass is 459 g/mol. The highest BCUT2D eigenvalue weighted by Gasteiger charge is 2.60. The number of fused-ring (bicyclic) bond motifs is 1. The Kier molecular flexibility index (Phi) is 5.46. The predicted molar refractivity (Wildman–Crippen MR) is 123 cm³/mol. The number of para-hydroxylation sites is 1. The van der Waals surface area contributed by atoms with Crippen LogP contribution in [0, 0.1) is 16.0 Å². The van der Waals surface area contributed by atoms with Crippen LogP contribution in [0.1, 0.15) is 18.5 Å². The number of imide groups is 1. The summed E-state index contributed by atoms with van der Waals surface area (Å²) < 4.78 is 5.45. The molecular weight excluding hydrogens is 438 g/mol. The molecular formula is C25H21N3O6. The number of carbonyl (C=O) groups excluding carboxylic acids is 2. The molecule has 172 valence electrons. The minimum Gasteiger partial charge on any atom is -0.494 e. The van der Waals surface area contributed by atoms with Gasteiger partial charge in [0.1, 0.15) is 11.7 Å². The molecule has 2 aliphatic rings. The Hall–Kier alpha value is -4.24. The highest BCUT2D eigenvalue weighted by molar-refractivity contribution is 6.23. The molecule has 2 heterocycles. The van der Waals surface area contributed by atoms with E-state index in [9.17, 15) is 19.7 Å². The van der Waals surface area contributed by atoms with E-state index in [1.807, 2.05) is 37.3 Å². The van der Waals surface area contributed by atoms with Gasteiger partial charge in [0.15, 0.2) is 6.10 Å². The number of hydrogen-bond donors (Lipinski definition) is 0. The molecule has 0 unspecified atom stereocenters. The van der Waals surface area contributed by atoms with Gasteiger partial charge in [-0.05, 0) is 48.9 Å². The molecule has 0 radical (unpaired) electrons. The van der Waals surface area contributed by atoms with E-state index in [0.29, 0.717) is 29.3 Å². The number of non-ortho nitro benzene ring substituents is 1. The summed E-state index contributed by atoms with van der Waals surface area (Å²) in [6.45, 7) is 2.38. The highest BCUT2D eigenvalue weighted by Crippen LogP contribution is 2.47.